The molecule has 2 atom stereocenters. The minimum atomic E-state index is 0.0590. The molecule has 0 aromatic rings. The van der Waals surface area contributed by atoms with Gasteiger partial charge < -0.3 is 16.4 Å². The van der Waals surface area contributed by atoms with E-state index in [0.29, 0.717) is 0 Å². The van der Waals surface area contributed by atoms with E-state index in [-0.39, 0.29) is 17.9 Å². The minimum Gasteiger partial charge on any atom is -0.359 e. The molecule has 4 heteroatoms. The van der Waals surface area contributed by atoms with Gasteiger partial charge in [0.2, 0.25) is 5.91 Å². The summed E-state index contributed by atoms with van der Waals surface area (Å²) in [6.07, 6.45) is 0.798. The van der Waals surface area contributed by atoms with Gasteiger partial charge in [0.1, 0.15) is 0 Å². The van der Waals surface area contributed by atoms with Gasteiger partial charge >= 0.3 is 0 Å². The Labute approximate surface area is 66.5 Å². The van der Waals surface area contributed by atoms with Crippen molar-refractivity contribution in [3.8, 4) is 0 Å². The summed E-state index contributed by atoms with van der Waals surface area (Å²) in [5.41, 5.74) is 5.68. The monoisotopic (exact) mass is 157 g/mol. The highest BCUT2D eigenvalue weighted by molar-refractivity contribution is 5.78. The maximum Gasteiger partial charge on any atom is 0.224 e. The second-order valence-corrected chi connectivity index (χ2v) is 2.97. The number of rotatable bonds is 1. The van der Waals surface area contributed by atoms with Crippen molar-refractivity contribution in [1.29, 1.82) is 0 Å². The molecule has 1 fully saturated rings. The molecule has 1 aliphatic rings. The van der Waals surface area contributed by atoms with Crippen LogP contribution in [0, 0.1) is 5.92 Å². The molecule has 0 aromatic carbocycles. The Morgan fingerprint density at radius 2 is 2.36 bits per heavy atom. The van der Waals surface area contributed by atoms with Gasteiger partial charge in [-0.15, -0.1) is 0 Å². The van der Waals surface area contributed by atoms with Gasteiger partial charge in [0.05, 0.1) is 5.92 Å². The van der Waals surface area contributed by atoms with Crippen LogP contribution in [-0.2, 0) is 4.79 Å². The summed E-state index contributed by atoms with van der Waals surface area (Å²) in [5.74, 6) is 0.149. The number of hydrogen-bond donors (Lipinski definition) is 3. The van der Waals surface area contributed by atoms with E-state index in [4.69, 9.17) is 5.73 Å². The Morgan fingerprint density at radius 1 is 1.64 bits per heavy atom. The van der Waals surface area contributed by atoms with Gasteiger partial charge in [-0.25, -0.2) is 0 Å². The first kappa shape index (κ1) is 8.49. The van der Waals surface area contributed by atoms with Gasteiger partial charge in [0.25, 0.3) is 0 Å². The van der Waals surface area contributed by atoms with E-state index in [9.17, 15) is 4.79 Å². The topological polar surface area (TPSA) is 67.2 Å². The fourth-order valence-corrected chi connectivity index (χ4v) is 1.38. The first-order valence-corrected chi connectivity index (χ1v) is 3.92. The van der Waals surface area contributed by atoms with Crippen molar-refractivity contribution in [2.75, 3.05) is 20.1 Å². The highest BCUT2D eigenvalue weighted by atomic mass is 16.1. The average molecular weight is 157 g/mol. The predicted molar refractivity (Wildman–Crippen MR) is 43.0 cm³/mol. The van der Waals surface area contributed by atoms with Crippen LogP contribution in [-0.4, -0.2) is 32.1 Å². The molecule has 1 heterocycles. The summed E-state index contributed by atoms with van der Waals surface area (Å²) < 4.78 is 0. The summed E-state index contributed by atoms with van der Waals surface area (Å²) in [6, 6.07) is 0.131. The van der Waals surface area contributed by atoms with E-state index in [1.165, 1.54) is 0 Å². The van der Waals surface area contributed by atoms with Gasteiger partial charge in [0, 0.05) is 26.2 Å². The third-order valence-corrected chi connectivity index (χ3v) is 2.00. The Balaban J connectivity index is 2.39. The summed E-state index contributed by atoms with van der Waals surface area (Å²) in [4.78, 5) is 11.1. The summed E-state index contributed by atoms with van der Waals surface area (Å²) >= 11 is 0. The van der Waals surface area contributed by atoms with Crippen LogP contribution >= 0.6 is 0 Å². The van der Waals surface area contributed by atoms with E-state index < -0.39 is 0 Å². The van der Waals surface area contributed by atoms with Crippen LogP contribution in [0.2, 0.25) is 0 Å². The molecular formula is C7H15N3O. The molecule has 0 saturated carbocycles. The minimum absolute atomic E-state index is 0.0590. The van der Waals surface area contributed by atoms with Gasteiger partial charge in [-0.05, 0) is 6.42 Å². The Morgan fingerprint density at radius 3 is 2.91 bits per heavy atom. The Bertz CT molecular complexity index is 149. The molecule has 2 unspecified atom stereocenters. The molecule has 1 amide bonds. The van der Waals surface area contributed by atoms with Crippen molar-refractivity contribution in [2.24, 2.45) is 11.7 Å². The van der Waals surface area contributed by atoms with Gasteiger partial charge in [-0.1, -0.05) is 0 Å². The Hall–Kier alpha value is -0.610. The van der Waals surface area contributed by atoms with Crippen molar-refractivity contribution in [3.63, 3.8) is 0 Å². The summed E-state index contributed by atoms with van der Waals surface area (Å²) in [5, 5.41) is 5.73. The lowest BCUT2D eigenvalue weighted by molar-refractivity contribution is -0.125. The van der Waals surface area contributed by atoms with E-state index in [2.05, 4.69) is 10.6 Å². The molecule has 0 aliphatic carbocycles. The van der Waals surface area contributed by atoms with Crippen LogP contribution in [0.5, 0.6) is 0 Å². The molecule has 64 valence electrons. The SMILES string of the molecule is CNC(=O)C1CNCC(N)C1. The lowest BCUT2D eigenvalue weighted by Gasteiger charge is -2.26. The molecule has 0 bridgehead atoms. The number of amides is 1. The van der Waals surface area contributed by atoms with Gasteiger partial charge in [0.15, 0.2) is 0 Å². The van der Waals surface area contributed by atoms with Crippen molar-refractivity contribution in [2.45, 2.75) is 12.5 Å². The number of nitrogens with two attached hydrogens (primary N) is 1. The van der Waals surface area contributed by atoms with Crippen LogP contribution in [0.1, 0.15) is 6.42 Å². The van der Waals surface area contributed by atoms with E-state index in [1.807, 2.05) is 0 Å². The first-order chi connectivity index (χ1) is 5.24. The standard InChI is InChI=1S/C7H15N3O/c1-9-7(11)5-2-6(8)4-10-3-5/h5-6,10H,2-4,8H2,1H3,(H,9,11). The lowest BCUT2D eigenvalue weighted by Crippen LogP contribution is -2.48. The zero-order valence-electron chi connectivity index (χ0n) is 6.76. The fraction of sp³-hybridized carbons (Fsp3) is 0.857. The lowest BCUT2D eigenvalue weighted by atomic mass is 9.96. The van der Waals surface area contributed by atoms with E-state index in [0.717, 1.165) is 19.5 Å². The molecule has 0 radical (unpaired) electrons. The molecule has 11 heavy (non-hydrogen) atoms. The molecule has 1 saturated heterocycles. The molecule has 1 rings (SSSR count). The summed E-state index contributed by atoms with van der Waals surface area (Å²) in [6.45, 7) is 1.58. The zero-order valence-corrected chi connectivity index (χ0v) is 6.76. The average Bonchev–Trinajstić information content (AvgIpc) is 2.03. The van der Waals surface area contributed by atoms with Crippen LogP contribution in [0.3, 0.4) is 0 Å². The normalized spacial score (nSPS) is 31.5. The van der Waals surface area contributed by atoms with Gasteiger partial charge in [-0.3, -0.25) is 4.79 Å². The van der Waals surface area contributed by atoms with E-state index in [1.54, 1.807) is 7.05 Å². The first-order valence-electron chi connectivity index (χ1n) is 3.92. The number of piperidine rings is 1. The van der Waals surface area contributed by atoms with E-state index >= 15 is 0 Å². The van der Waals surface area contributed by atoms with Crippen LogP contribution in [0.15, 0.2) is 0 Å². The number of hydrogen-bond acceptors (Lipinski definition) is 3. The van der Waals surface area contributed by atoms with Crippen molar-refractivity contribution in [3.05, 3.63) is 0 Å². The van der Waals surface area contributed by atoms with Crippen LogP contribution < -0.4 is 16.4 Å². The van der Waals surface area contributed by atoms with Crippen molar-refractivity contribution < 1.29 is 4.79 Å². The number of nitrogens with one attached hydrogen (secondary N) is 2. The maximum atomic E-state index is 11.1. The van der Waals surface area contributed by atoms with Crippen LogP contribution in [0.4, 0.5) is 0 Å². The third kappa shape index (κ3) is 2.17. The van der Waals surface area contributed by atoms with Crippen molar-refractivity contribution >= 4 is 5.91 Å². The van der Waals surface area contributed by atoms with Crippen molar-refractivity contribution in [1.82, 2.24) is 10.6 Å². The van der Waals surface area contributed by atoms with Gasteiger partial charge in [-0.2, -0.15) is 0 Å². The maximum absolute atomic E-state index is 11.1. The molecule has 0 spiro atoms. The highest BCUT2D eigenvalue weighted by Gasteiger charge is 2.23. The Kier molecular flexibility index (Phi) is 2.84. The third-order valence-electron chi connectivity index (χ3n) is 2.00. The molecule has 1 aliphatic heterocycles. The molecule has 4 nitrogen and oxygen atoms in total. The molecule has 4 N–H and O–H groups in total. The molecule has 0 aromatic heterocycles. The second-order valence-electron chi connectivity index (χ2n) is 2.97. The smallest absolute Gasteiger partial charge is 0.224 e. The second kappa shape index (κ2) is 3.69. The predicted octanol–water partition coefficient (Wildman–Crippen LogP) is -1.33. The largest absolute Gasteiger partial charge is 0.359 e. The zero-order chi connectivity index (χ0) is 8.27. The van der Waals surface area contributed by atoms with Crippen LogP contribution in [0.25, 0.3) is 0 Å². The fourth-order valence-electron chi connectivity index (χ4n) is 1.38. The number of carbonyl (C=O) groups excluding carboxylic acids is 1. The number of carbonyl (C=O) groups is 1. The molecular weight excluding hydrogens is 142 g/mol. The summed E-state index contributed by atoms with van der Waals surface area (Å²) in [7, 11) is 1.66. The highest BCUT2D eigenvalue weighted by Crippen LogP contribution is 2.08. The quantitative estimate of drug-likeness (QED) is 0.442.